The van der Waals surface area contributed by atoms with Crippen LogP contribution in [0.25, 0.3) is 0 Å². The molecule has 2 amide bonds. The summed E-state index contributed by atoms with van der Waals surface area (Å²) in [7, 11) is 0. The zero-order valence-electron chi connectivity index (χ0n) is 15.6. The third-order valence-electron chi connectivity index (χ3n) is 5.27. The minimum atomic E-state index is -0.996. The lowest BCUT2D eigenvalue weighted by atomic mass is 9.98. The second kappa shape index (κ2) is 6.98. The van der Waals surface area contributed by atoms with Crippen LogP contribution in [0.3, 0.4) is 0 Å². The highest BCUT2D eigenvalue weighted by atomic mass is 16.2. The molecule has 0 bridgehead atoms. The average Bonchev–Trinajstić information content (AvgIpc) is 3.17. The quantitative estimate of drug-likeness (QED) is 0.757. The SMILES string of the molecule is O=C(N[C@@H]1N=C(c2ccccc2)c2cccc3c2N(CC3)C1=O)c1ccncc1. The molecule has 0 saturated heterocycles. The Hall–Kier alpha value is -3.80. The van der Waals surface area contributed by atoms with E-state index in [2.05, 4.69) is 10.3 Å². The van der Waals surface area contributed by atoms with E-state index in [0.717, 1.165) is 28.8 Å². The highest BCUT2D eigenvalue weighted by Gasteiger charge is 2.37. The van der Waals surface area contributed by atoms with Crippen molar-refractivity contribution >= 4 is 23.2 Å². The van der Waals surface area contributed by atoms with Crippen LogP contribution in [0, 0.1) is 0 Å². The fourth-order valence-electron chi connectivity index (χ4n) is 3.90. The van der Waals surface area contributed by atoms with Crippen molar-refractivity contribution in [2.24, 2.45) is 4.99 Å². The first-order chi connectivity index (χ1) is 14.2. The maximum Gasteiger partial charge on any atom is 0.272 e. The Morgan fingerprint density at radius 2 is 1.79 bits per heavy atom. The molecule has 0 spiro atoms. The second-order valence-corrected chi connectivity index (χ2v) is 7.01. The Balaban J connectivity index is 1.62. The molecule has 5 rings (SSSR count). The van der Waals surface area contributed by atoms with Gasteiger partial charge in [-0.05, 0) is 24.1 Å². The normalized spacial score (nSPS) is 17.4. The van der Waals surface area contributed by atoms with E-state index in [0.29, 0.717) is 17.8 Å². The lowest BCUT2D eigenvalue weighted by Gasteiger charge is -2.21. The van der Waals surface area contributed by atoms with Gasteiger partial charge in [-0.3, -0.25) is 14.6 Å². The number of rotatable bonds is 3. The summed E-state index contributed by atoms with van der Waals surface area (Å²) in [6.07, 6.45) is 2.89. The number of carbonyl (C=O) groups is 2. The van der Waals surface area contributed by atoms with Gasteiger partial charge in [0, 0.05) is 35.6 Å². The molecule has 142 valence electrons. The number of aliphatic imine (C=N–C) groups is 1. The van der Waals surface area contributed by atoms with Crippen molar-refractivity contribution in [1.82, 2.24) is 10.3 Å². The number of para-hydroxylation sites is 1. The summed E-state index contributed by atoms with van der Waals surface area (Å²) in [4.78, 5) is 36.4. The first kappa shape index (κ1) is 17.3. The fourth-order valence-corrected chi connectivity index (χ4v) is 3.90. The number of nitrogens with zero attached hydrogens (tertiary/aromatic N) is 3. The van der Waals surface area contributed by atoms with Gasteiger partial charge in [-0.15, -0.1) is 0 Å². The Labute approximate surface area is 167 Å². The number of pyridine rings is 1. The van der Waals surface area contributed by atoms with Crippen molar-refractivity contribution in [3.05, 3.63) is 95.3 Å². The number of anilines is 1. The van der Waals surface area contributed by atoms with E-state index in [-0.39, 0.29) is 11.8 Å². The summed E-state index contributed by atoms with van der Waals surface area (Å²) < 4.78 is 0. The predicted molar refractivity (Wildman–Crippen MR) is 110 cm³/mol. The largest absolute Gasteiger partial charge is 0.322 e. The molecular weight excluding hydrogens is 364 g/mol. The summed E-state index contributed by atoms with van der Waals surface area (Å²) in [5.41, 5.74) is 5.00. The number of nitrogens with one attached hydrogen (secondary N) is 1. The van der Waals surface area contributed by atoms with Gasteiger partial charge < -0.3 is 10.2 Å². The van der Waals surface area contributed by atoms with Gasteiger partial charge in [-0.25, -0.2) is 4.99 Å². The molecule has 0 saturated carbocycles. The van der Waals surface area contributed by atoms with Crippen LogP contribution in [0.5, 0.6) is 0 Å². The lowest BCUT2D eigenvalue weighted by molar-refractivity contribution is -0.120. The number of aromatic nitrogens is 1. The Kier molecular flexibility index (Phi) is 4.17. The Bertz CT molecular complexity index is 1130. The van der Waals surface area contributed by atoms with Crippen molar-refractivity contribution < 1.29 is 9.59 Å². The third-order valence-corrected chi connectivity index (χ3v) is 5.27. The Morgan fingerprint density at radius 1 is 1.00 bits per heavy atom. The topological polar surface area (TPSA) is 74.7 Å². The van der Waals surface area contributed by atoms with Crippen molar-refractivity contribution in [3.63, 3.8) is 0 Å². The van der Waals surface area contributed by atoms with E-state index in [4.69, 9.17) is 4.99 Å². The van der Waals surface area contributed by atoms with Crippen molar-refractivity contribution in [2.45, 2.75) is 12.6 Å². The number of hydrogen-bond acceptors (Lipinski definition) is 4. The zero-order valence-corrected chi connectivity index (χ0v) is 15.6. The summed E-state index contributed by atoms with van der Waals surface area (Å²) in [5, 5.41) is 2.80. The highest BCUT2D eigenvalue weighted by Crippen LogP contribution is 2.36. The molecule has 0 radical (unpaired) electrons. The van der Waals surface area contributed by atoms with Crippen LogP contribution in [-0.4, -0.2) is 35.2 Å². The van der Waals surface area contributed by atoms with E-state index in [9.17, 15) is 9.59 Å². The highest BCUT2D eigenvalue weighted by molar-refractivity contribution is 6.21. The third kappa shape index (κ3) is 2.99. The molecule has 1 atom stereocenters. The Morgan fingerprint density at radius 3 is 2.59 bits per heavy atom. The van der Waals surface area contributed by atoms with Crippen LogP contribution in [0.1, 0.15) is 27.0 Å². The van der Waals surface area contributed by atoms with E-state index in [1.165, 1.54) is 0 Å². The van der Waals surface area contributed by atoms with Gasteiger partial charge in [0.1, 0.15) is 0 Å². The molecule has 2 aliphatic rings. The van der Waals surface area contributed by atoms with Crippen LogP contribution < -0.4 is 10.2 Å². The van der Waals surface area contributed by atoms with Crippen LogP contribution in [0.15, 0.2) is 78.0 Å². The lowest BCUT2D eigenvalue weighted by Crippen LogP contribution is -2.46. The summed E-state index contributed by atoms with van der Waals surface area (Å²) in [6, 6.07) is 19.0. The van der Waals surface area contributed by atoms with Gasteiger partial charge in [0.25, 0.3) is 11.8 Å². The van der Waals surface area contributed by atoms with E-state index in [1.807, 2.05) is 48.5 Å². The van der Waals surface area contributed by atoms with E-state index >= 15 is 0 Å². The predicted octanol–water partition coefficient (Wildman–Crippen LogP) is 2.58. The molecule has 0 aliphatic carbocycles. The fraction of sp³-hybridized carbons (Fsp3) is 0.130. The molecule has 6 heteroatoms. The molecule has 3 aromatic rings. The van der Waals surface area contributed by atoms with Crippen LogP contribution in [0.4, 0.5) is 5.69 Å². The van der Waals surface area contributed by atoms with Crippen molar-refractivity contribution in [3.8, 4) is 0 Å². The molecule has 6 nitrogen and oxygen atoms in total. The second-order valence-electron chi connectivity index (χ2n) is 7.01. The minimum absolute atomic E-state index is 0.218. The molecule has 1 N–H and O–H groups in total. The van der Waals surface area contributed by atoms with E-state index in [1.54, 1.807) is 29.4 Å². The van der Waals surface area contributed by atoms with Gasteiger partial charge in [0.2, 0.25) is 6.17 Å². The zero-order chi connectivity index (χ0) is 19.8. The van der Waals surface area contributed by atoms with Crippen LogP contribution >= 0.6 is 0 Å². The summed E-state index contributed by atoms with van der Waals surface area (Å²) >= 11 is 0. The van der Waals surface area contributed by atoms with Gasteiger partial charge in [0.05, 0.1) is 11.4 Å². The van der Waals surface area contributed by atoms with Crippen molar-refractivity contribution in [1.29, 1.82) is 0 Å². The number of benzene rings is 2. The molecule has 3 heterocycles. The first-order valence-electron chi connectivity index (χ1n) is 9.50. The maximum atomic E-state index is 13.3. The minimum Gasteiger partial charge on any atom is -0.322 e. The van der Waals surface area contributed by atoms with Crippen LogP contribution in [0.2, 0.25) is 0 Å². The maximum absolute atomic E-state index is 13.3. The number of amides is 2. The molecule has 2 aromatic carbocycles. The van der Waals surface area contributed by atoms with Gasteiger partial charge in [-0.1, -0.05) is 48.5 Å². The van der Waals surface area contributed by atoms with Crippen LogP contribution in [-0.2, 0) is 11.2 Å². The van der Waals surface area contributed by atoms with Gasteiger partial charge in [0.15, 0.2) is 0 Å². The molecule has 0 fully saturated rings. The molecule has 2 aliphatic heterocycles. The number of carbonyl (C=O) groups excluding carboxylic acids is 2. The van der Waals surface area contributed by atoms with E-state index < -0.39 is 6.17 Å². The smallest absolute Gasteiger partial charge is 0.272 e. The van der Waals surface area contributed by atoms with Crippen molar-refractivity contribution in [2.75, 3.05) is 11.4 Å². The molecule has 0 unspecified atom stereocenters. The number of hydrogen-bond donors (Lipinski definition) is 1. The summed E-state index contributed by atoms with van der Waals surface area (Å²) in [6.45, 7) is 0.588. The molecular formula is C23H18N4O2. The first-order valence-corrected chi connectivity index (χ1v) is 9.50. The van der Waals surface area contributed by atoms with Gasteiger partial charge in [-0.2, -0.15) is 0 Å². The average molecular weight is 382 g/mol. The monoisotopic (exact) mass is 382 g/mol. The van der Waals surface area contributed by atoms with Gasteiger partial charge >= 0.3 is 0 Å². The molecule has 1 aromatic heterocycles. The standard InChI is InChI=1S/C23H18N4O2/c28-22(17-9-12-24-13-10-17)26-21-23(29)27-14-11-16-7-4-8-18(20(16)27)19(25-21)15-5-2-1-3-6-15/h1-10,12-13,21H,11,14H2,(H,26,28)/t21-/m0/s1. The molecule has 29 heavy (non-hydrogen) atoms. The summed E-state index contributed by atoms with van der Waals surface area (Å²) in [5.74, 6) is -0.572.